The molecule has 4 aliphatic rings. The van der Waals surface area contributed by atoms with E-state index in [0.717, 1.165) is 29.4 Å². The van der Waals surface area contributed by atoms with E-state index in [1.165, 1.54) is 7.11 Å². The van der Waals surface area contributed by atoms with E-state index in [1.807, 2.05) is 36.4 Å². The lowest BCUT2D eigenvalue weighted by Gasteiger charge is -2.62. The van der Waals surface area contributed by atoms with Crippen LogP contribution in [0.1, 0.15) is 72.1 Å². The molecule has 1 N–H and O–H groups in total. The van der Waals surface area contributed by atoms with E-state index in [0.29, 0.717) is 32.1 Å². The Hall–Kier alpha value is -2.32. The lowest BCUT2D eigenvalue weighted by Crippen LogP contribution is -2.77. The normalized spacial score (nSPS) is 35.6. The summed E-state index contributed by atoms with van der Waals surface area (Å²) in [7, 11) is -1.42. The summed E-state index contributed by atoms with van der Waals surface area (Å²) in [6.07, 6.45) is 0.367. The van der Waals surface area contributed by atoms with Crippen molar-refractivity contribution in [1.29, 1.82) is 0 Å². The van der Waals surface area contributed by atoms with Crippen molar-refractivity contribution in [3.05, 3.63) is 60.7 Å². The molecular formula is C37H50O10Si. The van der Waals surface area contributed by atoms with Gasteiger partial charge in [-0.05, 0) is 41.1 Å². The van der Waals surface area contributed by atoms with Gasteiger partial charge in [-0.3, -0.25) is 0 Å². The van der Waals surface area contributed by atoms with Gasteiger partial charge in [-0.15, -0.1) is 0 Å². The summed E-state index contributed by atoms with van der Waals surface area (Å²) in [5.74, 6) is -2.78. The maximum atomic E-state index is 12.1. The third-order valence-electron chi connectivity index (χ3n) is 10.5. The molecule has 10 nitrogen and oxygen atoms in total. The van der Waals surface area contributed by atoms with E-state index < -0.39 is 56.7 Å². The highest BCUT2D eigenvalue weighted by Gasteiger charge is 2.68. The van der Waals surface area contributed by atoms with E-state index in [4.69, 9.17) is 32.8 Å². The van der Waals surface area contributed by atoms with Crippen LogP contribution in [0.2, 0.25) is 5.04 Å². The van der Waals surface area contributed by atoms with Crippen molar-refractivity contribution >= 4 is 31.3 Å². The minimum atomic E-state index is -2.95. The molecule has 4 heterocycles. The van der Waals surface area contributed by atoms with Crippen LogP contribution in [0.5, 0.6) is 0 Å². The Balaban J connectivity index is 1.33. The fraction of sp³-hybridized carbons (Fsp3) is 0.622. The largest absolute Gasteiger partial charge is 0.405 e. The van der Waals surface area contributed by atoms with Gasteiger partial charge < -0.3 is 47.5 Å². The number of fused-ring (bicyclic) bond motifs is 2. The van der Waals surface area contributed by atoms with Gasteiger partial charge in [0.2, 0.25) is 11.6 Å². The lowest BCUT2D eigenvalue weighted by molar-refractivity contribution is -0.518. The monoisotopic (exact) mass is 682 g/mol. The smallest absolute Gasteiger partial charge is 0.261 e. The zero-order chi connectivity index (χ0) is 34.0. The summed E-state index contributed by atoms with van der Waals surface area (Å²) in [5.41, 5.74) is 0. The molecule has 4 aliphatic heterocycles. The van der Waals surface area contributed by atoms with E-state index in [2.05, 4.69) is 45.0 Å². The summed E-state index contributed by atoms with van der Waals surface area (Å²) < 4.78 is 46.5. The van der Waals surface area contributed by atoms with Crippen LogP contribution < -0.4 is 10.4 Å². The molecule has 11 heteroatoms. The quantitative estimate of drug-likeness (QED) is 0.293. The first-order valence-corrected chi connectivity index (χ1v) is 19.2. The van der Waals surface area contributed by atoms with Gasteiger partial charge in [-0.1, -0.05) is 81.4 Å². The molecule has 2 spiro atoms. The number of rotatable bonds is 10. The van der Waals surface area contributed by atoms with Crippen LogP contribution in [0, 0.1) is 0 Å². The minimum absolute atomic E-state index is 0.0750. The molecule has 2 aromatic carbocycles. The summed E-state index contributed by atoms with van der Waals surface area (Å²) in [5, 5.41) is 14.0. The van der Waals surface area contributed by atoms with Crippen molar-refractivity contribution in [1.82, 2.24) is 0 Å². The molecule has 0 radical (unpaired) electrons. The van der Waals surface area contributed by atoms with Crippen molar-refractivity contribution < 1.29 is 47.5 Å². The Morgan fingerprint density at radius 2 is 1.31 bits per heavy atom. The molecule has 0 aliphatic carbocycles. The van der Waals surface area contributed by atoms with Crippen LogP contribution in [-0.4, -0.2) is 94.2 Å². The van der Waals surface area contributed by atoms with Crippen LogP contribution >= 0.6 is 0 Å². The van der Waals surface area contributed by atoms with Gasteiger partial charge in [0, 0.05) is 32.8 Å². The fourth-order valence-electron chi connectivity index (χ4n) is 8.25. The Kier molecular flexibility index (Phi) is 10.7. The number of ether oxygens (including phenoxy) is 6. The molecule has 2 aromatic rings. The molecule has 6 rings (SSSR count). The van der Waals surface area contributed by atoms with Gasteiger partial charge in [-0.25, -0.2) is 0 Å². The molecule has 0 saturated carbocycles. The molecule has 48 heavy (non-hydrogen) atoms. The molecule has 9 atom stereocenters. The van der Waals surface area contributed by atoms with Crippen LogP contribution in [0.25, 0.3) is 0 Å². The van der Waals surface area contributed by atoms with Crippen molar-refractivity contribution in [2.75, 3.05) is 13.7 Å². The third-order valence-corrected chi connectivity index (χ3v) is 15.5. The second-order valence-electron chi connectivity index (χ2n) is 14.5. The maximum Gasteiger partial charge on any atom is 0.261 e. The van der Waals surface area contributed by atoms with Crippen molar-refractivity contribution in [3.63, 3.8) is 0 Å². The van der Waals surface area contributed by atoms with Crippen LogP contribution in [0.3, 0.4) is 0 Å². The number of methoxy groups -OCH3 is 1. The fourth-order valence-corrected chi connectivity index (χ4v) is 12.8. The predicted molar refractivity (Wildman–Crippen MR) is 179 cm³/mol. The van der Waals surface area contributed by atoms with E-state index >= 15 is 0 Å². The Labute approximate surface area is 284 Å². The molecule has 0 bridgehead atoms. The number of aliphatic hydroxyl groups excluding tert-OH is 1. The van der Waals surface area contributed by atoms with Gasteiger partial charge in [0.1, 0.15) is 37.0 Å². The summed E-state index contributed by atoms with van der Waals surface area (Å²) >= 11 is 0. The summed E-state index contributed by atoms with van der Waals surface area (Å²) in [4.78, 5) is 23.1. The molecular weight excluding hydrogens is 632 g/mol. The number of benzene rings is 2. The molecule has 0 amide bonds. The van der Waals surface area contributed by atoms with Crippen molar-refractivity contribution in [2.45, 2.75) is 132 Å². The Morgan fingerprint density at radius 3 is 1.77 bits per heavy atom. The average Bonchev–Trinajstić information content (AvgIpc) is 3.08. The van der Waals surface area contributed by atoms with E-state index in [-0.39, 0.29) is 30.6 Å². The first-order valence-electron chi connectivity index (χ1n) is 17.3. The number of carbonyl (C=O) groups excluding carboxylic acids is 2. The van der Waals surface area contributed by atoms with Crippen LogP contribution in [0.4, 0.5) is 0 Å². The average molecular weight is 683 g/mol. The van der Waals surface area contributed by atoms with Gasteiger partial charge in [0.05, 0.1) is 18.8 Å². The second-order valence-corrected chi connectivity index (χ2v) is 18.8. The highest BCUT2D eigenvalue weighted by Crippen LogP contribution is 2.53. The topological polar surface area (TPSA) is 119 Å². The van der Waals surface area contributed by atoms with Crippen LogP contribution in [0.15, 0.2) is 60.7 Å². The van der Waals surface area contributed by atoms with Crippen LogP contribution in [-0.2, 0) is 42.4 Å². The number of hydrogen-bond donors (Lipinski definition) is 1. The third kappa shape index (κ3) is 6.38. The Morgan fingerprint density at radius 1 is 0.812 bits per heavy atom. The zero-order valence-electron chi connectivity index (χ0n) is 28.5. The summed E-state index contributed by atoms with van der Waals surface area (Å²) in [6.45, 7) is 6.67. The molecule has 0 unspecified atom stereocenters. The maximum absolute atomic E-state index is 12.1. The molecule has 0 aromatic heterocycles. The highest BCUT2D eigenvalue weighted by atomic mass is 28.4. The number of hydrogen-bond acceptors (Lipinski definition) is 10. The summed E-state index contributed by atoms with van der Waals surface area (Å²) in [6, 6.07) is 20.6. The van der Waals surface area contributed by atoms with E-state index in [9.17, 15) is 14.7 Å². The lowest BCUT2D eigenvalue weighted by atomic mass is 9.84. The number of aldehydes is 2. The predicted octanol–water partition coefficient (Wildman–Crippen LogP) is 3.79. The first-order chi connectivity index (χ1) is 23.1. The van der Waals surface area contributed by atoms with Gasteiger partial charge in [-0.2, -0.15) is 0 Å². The number of aliphatic hydroxyl groups is 1. The second kappa shape index (κ2) is 14.5. The SMILES string of the molecule is CO[C@H]1O[C@H](CO[Si](c2ccccc2)(c2ccccc2)C(C)(C)C)[C@@H](O)[C@@H]2O[C@]3(CCC[C@H](CC=O)O3)[C@@]3(CCC[C@H](CC=O)O3)O[C@@H]12. The van der Waals surface area contributed by atoms with Crippen molar-refractivity contribution in [2.24, 2.45) is 0 Å². The van der Waals surface area contributed by atoms with Gasteiger partial charge in [0.25, 0.3) is 8.32 Å². The molecule has 4 saturated heterocycles. The first kappa shape index (κ1) is 35.5. The van der Waals surface area contributed by atoms with Gasteiger partial charge in [0.15, 0.2) is 6.29 Å². The molecule has 262 valence electrons. The van der Waals surface area contributed by atoms with Gasteiger partial charge >= 0.3 is 0 Å². The Bertz CT molecular complexity index is 1330. The standard InChI is InChI=1S/C37H50O10Si/c1-35(2,3)48(28-15-7-5-8-16-28,29-17-9-6-10-18-29)42-25-30-31(40)32-33(34(41-4)43-30)47-37(22-12-14-27(45-37)20-24-39)36(46-32)21-11-13-26(44-36)19-23-38/h5-10,15-18,23-24,26-27,30-34,40H,11-14,19-22,25H2,1-4H3/t26-,27-,30-,31-,32+,33-,34+,36-,37-/m1/s1. The van der Waals surface area contributed by atoms with E-state index in [1.54, 1.807) is 0 Å². The number of carbonyl (C=O) groups is 2. The minimum Gasteiger partial charge on any atom is -0.405 e. The molecule has 4 fully saturated rings. The van der Waals surface area contributed by atoms with Crippen molar-refractivity contribution in [3.8, 4) is 0 Å². The zero-order valence-corrected chi connectivity index (χ0v) is 29.5. The highest BCUT2D eigenvalue weighted by molar-refractivity contribution is 6.99.